The number of anilines is 1. The van der Waals surface area contributed by atoms with Crippen molar-refractivity contribution in [2.45, 2.75) is 12.6 Å². The van der Waals surface area contributed by atoms with E-state index in [-0.39, 0.29) is 0 Å². The molecule has 7 heteroatoms. The van der Waals surface area contributed by atoms with Crippen molar-refractivity contribution in [3.8, 4) is 5.88 Å². The second kappa shape index (κ2) is 7.40. The van der Waals surface area contributed by atoms with E-state index in [2.05, 4.69) is 34.2 Å². The zero-order valence-electron chi connectivity index (χ0n) is 13.7. The van der Waals surface area contributed by atoms with Crippen molar-refractivity contribution in [2.24, 2.45) is 0 Å². The Balaban J connectivity index is 1.88. The van der Waals surface area contributed by atoms with E-state index < -0.39 is 0 Å². The van der Waals surface area contributed by atoms with Crippen LogP contribution in [0.5, 0.6) is 5.88 Å². The van der Waals surface area contributed by atoms with E-state index in [9.17, 15) is 0 Å². The van der Waals surface area contributed by atoms with E-state index in [0.717, 1.165) is 48.6 Å². The maximum atomic E-state index is 5.37. The predicted octanol–water partition coefficient (Wildman–Crippen LogP) is 0.553. The molecule has 0 bridgehead atoms. The number of nitrogens with zero attached hydrogens (tertiary/aromatic N) is 4. The summed E-state index contributed by atoms with van der Waals surface area (Å²) in [6.45, 7) is 5.20. The molecule has 1 saturated heterocycles. The fraction of sp³-hybridized carbons (Fsp3) is 0.786. The first-order valence-electron chi connectivity index (χ1n) is 7.31. The van der Waals surface area contributed by atoms with Crippen molar-refractivity contribution in [2.75, 3.05) is 66.4 Å². The van der Waals surface area contributed by atoms with Gasteiger partial charge in [-0.15, -0.1) is 0 Å². The summed E-state index contributed by atoms with van der Waals surface area (Å²) in [5.41, 5.74) is 0. The minimum atomic E-state index is 0.566. The minimum Gasteiger partial charge on any atom is -0.480 e. The first-order valence-corrected chi connectivity index (χ1v) is 8.13. The molecule has 1 aliphatic rings. The zero-order chi connectivity index (χ0) is 15.4. The van der Waals surface area contributed by atoms with Gasteiger partial charge in [-0.1, -0.05) is 11.3 Å². The number of methoxy groups -OCH3 is 1. The number of likely N-dealkylation sites (N-methyl/N-ethyl adjacent to an activating group) is 2. The van der Waals surface area contributed by atoms with Gasteiger partial charge < -0.3 is 19.9 Å². The lowest BCUT2D eigenvalue weighted by atomic mass is 10.2. The number of nitrogens with one attached hydrogen (secondary N) is 1. The molecule has 1 N–H and O–H groups in total. The Hall–Kier alpha value is -0.890. The van der Waals surface area contributed by atoms with Gasteiger partial charge in [-0.2, -0.15) is 4.98 Å². The van der Waals surface area contributed by atoms with Crippen molar-refractivity contribution in [1.29, 1.82) is 0 Å². The largest absolute Gasteiger partial charge is 0.480 e. The maximum Gasteiger partial charge on any atom is 0.230 e. The van der Waals surface area contributed by atoms with Crippen LogP contribution in [-0.2, 0) is 6.54 Å². The van der Waals surface area contributed by atoms with E-state index in [1.165, 1.54) is 0 Å². The first-order chi connectivity index (χ1) is 10.0. The summed E-state index contributed by atoms with van der Waals surface area (Å²) in [4.78, 5) is 12.5. The Kier molecular flexibility index (Phi) is 5.80. The molecule has 1 unspecified atom stereocenters. The number of hydrogen-bond donors (Lipinski definition) is 1. The quantitative estimate of drug-likeness (QED) is 0.828. The number of ether oxygens (including phenoxy) is 1. The van der Waals surface area contributed by atoms with E-state index >= 15 is 0 Å². The Bertz CT molecular complexity index is 451. The fourth-order valence-corrected chi connectivity index (χ4v) is 3.38. The highest BCUT2D eigenvalue weighted by molar-refractivity contribution is 7.15. The van der Waals surface area contributed by atoms with E-state index in [0.29, 0.717) is 6.04 Å². The molecule has 0 aromatic carbocycles. The molecule has 1 atom stereocenters. The predicted molar refractivity (Wildman–Crippen MR) is 88.6 cm³/mol. The molecule has 0 radical (unpaired) electrons. The van der Waals surface area contributed by atoms with Crippen molar-refractivity contribution in [1.82, 2.24) is 20.1 Å². The van der Waals surface area contributed by atoms with Gasteiger partial charge in [0.25, 0.3) is 0 Å². The third kappa shape index (κ3) is 4.29. The van der Waals surface area contributed by atoms with Crippen molar-refractivity contribution >= 4 is 16.5 Å². The molecule has 0 saturated carbocycles. The maximum absolute atomic E-state index is 5.37. The van der Waals surface area contributed by atoms with Crippen LogP contribution in [0.2, 0.25) is 0 Å². The van der Waals surface area contributed by atoms with Crippen LogP contribution < -0.4 is 15.0 Å². The lowest BCUT2D eigenvalue weighted by Crippen LogP contribution is -2.53. The van der Waals surface area contributed by atoms with Crippen LogP contribution in [0.25, 0.3) is 0 Å². The molecule has 0 amide bonds. The van der Waals surface area contributed by atoms with Crippen LogP contribution in [-0.4, -0.2) is 82.3 Å². The van der Waals surface area contributed by atoms with Gasteiger partial charge in [-0.25, -0.2) is 0 Å². The Morgan fingerprint density at radius 1 is 1.38 bits per heavy atom. The number of aromatic nitrogens is 1. The van der Waals surface area contributed by atoms with Crippen LogP contribution in [0.1, 0.15) is 4.88 Å². The van der Waals surface area contributed by atoms with Crippen LogP contribution in [0.15, 0.2) is 0 Å². The zero-order valence-corrected chi connectivity index (χ0v) is 14.5. The molecule has 120 valence electrons. The summed E-state index contributed by atoms with van der Waals surface area (Å²) in [5.74, 6) is 0.741. The standard InChI is InChI=1S/C14H27N5OS/c1-17(2)14-16-13(20-5)12(21-14)9-15-8-11-10-18(3)6-7-19(11)4/h11,15H,6-10H2,1-5H3. The molecule has 0 aliphatic carbocycles. The first kappa shape index (κ1) is 16.5. The fourth-order valence-electron chi connectivity index (χ4n) is 2.46. The van der Waals surface area contributed by atoms with Crippen molar-refractivity contribution in [3.05, 3.63) is 4.88 Å². The Morgan fingerprint density at radius 3 is 2.81 bits per heavy atom. The van der Waals surface area contributed by atoms with Crippen LogP contribution >= 0.6 is 11.3 Å². The normalized spacial score (nSPS) is 20.7. The molecule has 1 fully saturated rings. The summed E-state index contributed by atoms with van der Waals surface area (Å²) in [6, 6.07) is 0.566. The molecular formula is C14H27N5OS. The molecule has 1 aromatic rings. The summed E-state index contributed by atoms with van der Waals surface area (Å²) in [6.07, 6.45) is 0. The van der Waals surface area contributed by atoms with Gasteiger partial charge in [-0.3, -0.25) is 4.90 Å². The molecule has 1 aromatic heterocycles. The molecule has 21 heavy (non-hydrogen) atoms. The number of thiazole rings is 1. The monoisotopic (exact) mass is 313 g/mol. The van der Waals surface area contributed by atoms with Gasteiger partial charge in [0.15, 0.2) is 5.13 Å². The van der Waals surface area contributed by atoms with Gasteiger partial charge >= 0.3 is 0 Å². The summed E-state index contributed by atoms with van der Waals surface area (Å²) in [7, 11) is 10.1. The highest BCUT2D eigenvalue weighted by atomic mass is 32.1. The van der Waals surface area contributed by atoms with Gasteiger partial charge in [-0.05, 0) is 14.1 Å². The topological polar surface area (TPSA) is 43.9 Å². The van der Waals surface area contributed by atoms with Gasteiger partial charge in [0, 0.05) is 52.9 Å². The summed E-state index contributed by atoms with van der Waals surface area (Å²) in [5, 5.41) is 4.54. The lowest BCUT2D eigenvalue weighted by molar-refractivity contribution is 0.113. The average Bonchev–Trinajstić information content (AvgIpc) is 2.86. The molecule has 1 aliphatic heterocycles. The van der Waals surface area contributed by atoms with E-state index in [4.69, 9.17) is 4.74 Å². The van der Waals surface area contributed by atoms with E-state index in [1.807, 2.05) is 19.0 Å². The number of rotatable bonds is 6. The Labute approximate surface area is 131 Å². The summed E-state index contributed by atoms with van der Waals surface area (Å²) >= 11 is 1.68. The highest BCUT2D eigenvalue weighted by Crippen LogP contribution is 2.30. The van der Waals surface area contributed by atoms with Crippen molar-refractivity contribution in [3.63, 3.8) is 0 Å². The van der Waals surface area contributed by atoms with Crippen LogP contribution in [0.3, 0.4) is 0 Å². The van der Waals surface area contributed by atoms with Gasteiger partial charge in [0.2, 0.25) is 5.88 Å². The minimum absolute atomic E-state index is 0.566. The van der Waals surface area contributed by atoms with E-state index in [1.54, 1.807) is 18.4 Å². The number of hydrogen-bond acceptors (Lipinski definition) is 7. The van der Waals surface area contributed by atoms with Crippen LogP contribution in [0.4, 0.5) is 5.13 Å². The second-order valence-corrected chi connectivity index (χ2v) is 6.91. The molecule has 2 heterocycles. The van der Waals surface area contributed by atoms with Gasteiger partial charge in [0.1, 0.15) is 0 Å². The van der Waals surface area contributed by atoms with Crippen LogP contribution in [0, 0.1) is 0 Å². The smallest absolute Gasteiger partial charge is 0.230 e. The summed E-state index contributed by atoms with van der Waals surface area (Å²) < 4.78 is 5.37. The molecule has 2 rings (SSSR count). The number of piperazine rings is 1. The molecular weight excluding hydrogens is 286 g/mol. The van der Waals surface area contributed by atoms with Gasteiger partial charge in [0.05, 0.1) is 12.0 Å². The Morgan fingerprint density at radius 2 is 2.14 bits per heavy atom. The van der Waals surface area contributed by atoms with Crippen molar-refractivity contribution < 1.29 is 4.74 Å². The molecule has 0 spiro atoms. The molecule has 6 nitrogen and oxygen atoms in total. The lowest BCUT2D eigenvalue weighted by Gasteiger charge is -2.37. The third-order valence-corrected chi connectivity index (χ3v) is 5.08. The second-order valence-electron chi connectivity index (χ2n) is 5.85. The highest BCUT2D eigenvalue weighted by Gasteiger charge is 2.22. The average molecular weight is 313 g/mol. The SMILES string of the molecule is COc1nc(N(C)C)sc1CNCC1CN(C)CCN1C. The third-order valence-electron chi connectivity index (χ3n) is 3.87.